The van der Waals surface area contributed by atoms with Gasteiger partial charge in [-0.2, -0.15) is 0 Å². The van der Waals surface area contributed by atoms with Gasteiger partial charge in [0, 0.05) is 0 Å². The summed E-state index contributed by atoms with van der Waals surface area (Å²) in [5.41, 5.74) is -0.201. The minimum Gasteiger partial charge on any atom is -0.390 e. The van der Waals surface area contributed by atoms with E-state index in [1.807, 2.05) is 6.92 Å². The van der Waals surface area contributed by atoms with Gasteiger partial charge in [0.25, 0.3) is 0 Å². The number of hydrogen-bond acceptors (Lipinski definition) is 3. The van der Waals surface area contributed by atoms with E-state index in [9.17, 15) is 5.11 Å². The van der Waals surface area contributed by atoms with Gasteiger partial charge in [0.15, 0.2) is 0 Å². The topological polar surface area (TPSA) is 38.7 Å². The number of alkyl halides is 1. The van der Waals surface area contributed by atoms with Crippen LogP contribution in [-0.2, 0) is 9.47 Å². The number of aliphatic hydroxyl groups is 1. The second-order valence-corrected chi connectivity index (χ2v) is 4.80. The molecule has 0 aromatic heterocycles. The van der Waals surface area contributed by atoms with Crippen molar-refractivity contribution in [3.8, 4) is 0 Å². The van der Waals surface area contributed by atoms with Crippen LogP contribution in [0.15, 0.2) is 0 Å². The zero-order chi connectivity index (χ0) is 8.11. The molecule has 2 saturated heterocycles. The monoisotopic (exact) mass is 270 g/mol. The molecule has 0 saturated carbocycles. The average molecular weight is 270 g/mol. The Hall–Kier alpha value is 0.610. The van der Waals surface area contributed by atoms with Crippen molar-refractivity contribution in [1.82, 2.24) is 0 Å². The maximum absolute atomic E-state index is 9.61. The van der Waals surface area contributed by atoms with Gasteiger partial charge < -0.3 is 14.6 Å². The zero-order valence-electron chi connectivity index (χ0n) is 6.34. The fraction of sp³-hybridized carbons (Fsp3) is 1.00. The largest absolute Gasteiger partial charge is 0.390 e. The first-order valence-electron chi connectivity index (χ1n) is 3.73. The van der Waals surface area contributed by atoms with Crippen LogP contribution in [0.4, 0.5) is 0 Å². The molecule has 3 nitrogen and oxygen atoms in total. The third-order valence-corrected chi connectivity index (χ3v) is 4.61. The molecule has 64 valence electrons. The Morgan fingerprint density at radius 1 is 1.55 bits per heavy atom. The normalized spacial score (nSPS) is 56.5. The average Bonchev–Trinajstić information content (AvgIpc) is 2.34. The van der Waals surface area contributed by atoms with Crippen molar-refractivity contribution in [2.45, 2.75) is 23.2 Å². The Bertz CT molecular complexity index is 187. The molecular formula is C7H11IO3. The van der Waals surface area contributed by atoms with Crippen molar-refractivity contribution in [2.75, 3.05) is 13.2 Å². The zero-order valence-corrected chi connectivity index (χ0v) is 8.50. The third kappa shape index (κ3) is 0.897. The van der Waals surface area contributed by atoms with Gasteiger partial charge in [-0.25, -0.2) is 0 Å². The number of rotatable bonds is 0. The van der Waals surface area contributed by atoms with Gasteiger partial charge in [-0.1, -0.05) is 6.92 Å². The minimum absolute atomic E-state index is 0.201. The van der Waals surface area contributed by atoms with Crippen LogP contribution >= 0.6 is 22.6 Å². The van der Waals surface area contributed by atoms with Gasteiger partial charge in [0.2, 0.25) is 3.79 Å². The molecule has 2 heterocycles. The van der Waals surface area contributed by atoms with Crippen LogP contribution in [0.25, 0.3) is 0 Å². The molecule has 2 fully saturated rings. The highest BCUT2D eigenvalue weighted by Gasteiger charge is 2.61. The summed E-state index contributed by atoms with van der Waals surface area (Å²) in [5.74, 6) is 0. The fourth-order valence-electron chi connectivity index (χ4n) is 1.65. The highest BCUT2D eigenvalue weighted by molar-refractivity contribution is 14.1. The van der Waals surface area contributed by atoms with Gasteiger partial charge in [0.1, 0.15) is 0 Å². The van der Waals surface area contributed by atoms with E-state index in [1.54, 1.807) is 0 Å². The molecule has 0 amide bonds. The van der Waals surface area contributed by atoms with Crippen LogP contribution in [0.5, 0.6) is 0 Å². The summed E-state index contributed by atoms with van der Waals surface area (Å²) in [6, 6.07) is 0. The fourth-order valence-corrected chi connectivity index (χ4v) is 2.68. The number of halogens is 1. The van der Waals surface area contributed by atoms with E-state index >= 15 is 0 Å². The van der Waals surface area contributed by atoms with Gasteiger partial charge in [-0.15, -0.1) is 0 Å². The van der Waals surface area contributed by atoms with Gasteiger partial charge in [-0.3, -0.25) is 0 Å². The molecule has 0 bridgehead atoms. The number of fused-ring (bicyclic) bond motifs is 1. The third-order valence-electron chi connectivity index (χ3n) is 2.75. The predicted molar refractivity (Wildman–Crippen MR) is 47.4 cm³/mol. The van der Waals surface area contributed by atoms with Gasteiger partial charge >= 0.3 is 0 Å². The molecule has 3 atom stereocenters. The van der Waals surface area contributed by atoms with Crippen LogP contribution in [-0.4, -0.2) is 28.2 Å². The van der Waals surface area contributed by atoms with E-state index < -0.39 is 3.79 Å². The number of aliphatic hydroxyl groups excluding tert-OH is 1. The molecule has 0 radical (unpaired) electrons. The van der Waals surface area contributed by atoms with E-state index in [-0.39, 0.29) is 11.5 Å². The molecule has 2 aliphatic heterocycles. The van der Waals surface area contributed by atoms with Crippen molar-refractivity contribution in [3.05, 3.63) is 0 Å². The quantitative estimate of drug-likeness (QED) is 0.525. The first-order valence-corrected chi connectivity index (χ1v) is 4.81. The summed E-state index contributed by atoms with van der Waals surface area (Å²) < 4.78 is 10.3. The summed E-state index contributed by atoms with van der Waals surface area (Å²) in [5, 5.41) is 9.61. The standard InChI is InChI=1S/C7H11IO3/c1-6-2-3-10-7(6,8)11-4-5(6)9/h5,9H,2-4H2,1H3/t5-,6+,7+/m1/s1. The Morgan fingerprint density at radius 3 is 2.91 bits per heavy atom. The first-order chi connectivity index (χ1) is 5.08. The van der Waals surface area contributed by atoms with Crippen LogP contribution in [0.1, 0.15) is 13.3 Å². The number of hydrogen-bond donors (Lipinski definition) is 1. The Balaban J connectivity index is 2.33. The summed E-state index contributed by atoms with van der Waals surface area (Å²) in [6.45, 7) is 3.11. The molecular weight excluding hydrogens is 259 g/mol. The second-order valence-electron chi connectivity index (χ2n) is 3.38. The van der Waals surface area contributed by atoms with Crippen molar-refractivity contribution in [1.29, 1.82) is 0 Å². The smallest absolute Gasteiger partial charge is 0.229 e. The van der Waals surface area contributed by atoms with Gasteiger partial charge in [0.05, 0.1) is 24.7 Å². The van der Waals surface area contributed by atoms with Crippen molar-refractivity contribution >= 4 is 22.6 Å². The highest BCUT2D eigenvalue weighted by Crippen LogP contribution is 2.55. The van der Waals surface area contributed by atoms with E-state index in [0.29, 0.717) is 13.2 Å². The molecule has 0 unspecified atom stereocenters. The van der Waals surface area contributed by atoms with Crippen LogP contribution < -0.4 is 0 Å². The summed E-state index contributed by atoms with van der Waals surface area (Å²) in [7, 11) is 0. The predicted octanol–water partition coefficient (Wildman–Crippen LogP) is 0.893. The minimum atomic E-state index is -0.565. The summed E-state index contributed by atoms with van der Waals surface area (Å²) in [4.78, 5) is 0. The lowest BCUT2D eigenvalue weighted by Gasteiger charge is -2.30. The van der Waals surface area contributed by atoms with Crippen molar-refractivity contribution in [3.63, 3.8) is 0 Å². The Morgan fingerprint density at radius 2 is 2.27 bits per heavy atom. The summed E-state index contributed by atoms with van der Waals surface area (Å²) in [6.07, 6.45) is 0.513. The SMILES string of the molecule is C[C@@]12CCO[C@]1(I)OC[C@H]2O. The van der Waals surface area contributed by atoms with Crippen LogP contribution in [0.3, 0.4) is 0 Å². The first kappa shape index (κ1) is 8.22. The highest BCUT2D eigenvalue weighted by atomic mass is 127. The van der Waals surface area contributed by atoms with Crippen molar-refractivity contribution in [2.24, 2.45) is 5.41 Å². The lowest BCUT2D eigenvalue weighted by molar-refractivity contribution is -0.124. The lowest BCUT2D eigenvalue weighted by Crippen LogP contribution is -2.39. The molecule has 1 N–H and O–H groups in total. The van der Waals surface area contributed by atoms with Crippen LogP contribution in [0, 0.1) is 5.41 Å². The summed E-state index contributed by atoms with van der Waals surface area (Å²) >= 11 is 2.15. The maximum atomic E-state index is 9.61. The van der Waals surface area contributed by atoms with Crippen molar-refractivity contribution < 1.29 is 14.6 Å². The molecule has 0 aromatic rings. The van der Waals surface area contributed by atoms with Gasteiger partial charge in [-0.05, 0) is 29.0 Å². The Kier molecular flexibility index (Phi) is 1.72. The van der Waals surface area contributed by atoms with Crippen LogP contribution in [0.2, 0.25) is 0 Å². The molecule has 11 heavy (non-hydrogen) atoms. The molecule has 0 aliphatic carbocycles. The molecule has 2 rings (SSSR count). The molecule has 2 aliphatic rings. The van der Waals surface area contributed by atoms with E-state index in [4.69, 9.17) is 9.47 Å². The Labute approximate surface area is 79.2 Å². The second kappa shape index (κ2) is 2.31. The van der Waals surface area contributed by atoms with E-state index in [0.717, 1.165) is 6.42 Å². The lowest BCUT2D eigenvalue weighted by atomic mass is 9.84. The molecule has 4 heteroatoms. The van der Waals surface area contributed by atoms with E-state index in [2.05, 4.69) is 22.6 Å². The van der Waals surface area contributed by atoms with E-state index in [1.165, 1.54) is 0 Å². The number of ether oxygens (including phenoxy) is 2. The molecule has 0 spiro atoms. The molecule has 0 aromatic carbocycles. The maximum Gasteiger partial charge on any atom is 0.229 e.